The molecule has 0 aromatic heterocycles. The molecule has 136 valence electrons. The number of rotatable bonds is 10. The van der Waals surface area contributed by atoms with Gasteiger partial charge in [-0.1, -0.05) is 17.7 Å². The van der Waals surface area contributed by atoms with Crippen molar-refractivity contribution >= 4 is 41.4 Å². The molecule has 0 spiro atoms. The van der Waals surface area contributed by atoms with Crippen molar-refractivity contribution in [3.05, 3.63) is 58.6 Å². The fourth-order valence-electron chi connectivity index (χ4n) is 2.14. The average molecular weight is 393 g/mol. The van der Waals surface area contributed by atoms with Crippen LogP contribution in [0.15, 0.2) is 47.4 Å². The molecule has 0 aliphatic carbocycles. The second-order valence-electron chi connectivity index (χ2n) is 5.41. The van der Waals surface area contributed by atoms with Gasteiger partial charge in [0.05, 0.1) is 17.2 Å². The van der Waals surface area contributed by atoms with E-state index in [0.717, 1.165) is 17.1 Å². The first-order valence-corrected chi connectivity index (χ1v) is 9.21. The predicted octanol–water partition coefficient (Wildman–Crippen LogP) is 3.91. The van der Waals surface area contributed by atoms with E-state index in [2.05, 4.69) is 0 Å². The van der Waals surface area contributed by atoms with Crippen molar-refractivity contribution in [2.75, 3.05) is 12.4 Å². The van der Waals surface area contributed by atoms with Gasteiger partial charge in [0.2, 0.25) is 0 Å². The number of carboxylic acids is 1. The first-order chi connectivity index (χ1) is 12.5. The minimum absolute atomic E-state index is 0.0582. The molecule has 0 amide bonds. The molecule has 0 bridgehead atoms. The van der Waals surface area contributed by atoms with Gasteiger partial charge in [0, 0.05) is 17.1 Å². The van der Waals surface area contributed by atoms with Crippen LogP contribution in [0.25, 0.3) is 0 Å². The Morgan fingerprint density at radius 3 is 2.50 bits per heavy atom. The Bertz CT molecular complexity index is 789. The van der Waals surface area contributed by atoms with Crippen molar-refractivity contribution in [3.8, 4) is 5.75 Å². The Balaban J connectivity index is 1.74. The fourth-order valence-corrected chi connectivity index (χ4v) is 3.35. The summed E-state index contributed by atoms with van der Waals surface area (Å²) in [6, 6.07) is 11.6. The van der Waals surface area contributed by atoms with Gasteiger partial charge in [-0.25, -0.2) is 4.79 Å². The third kappa shape index (κ3) is 6.20. The third-order valence-electron chi connectivity index (χ3n) is 3.42. The molecule has 0 atom stereocenters. The van der Waals surface area contributed by atoms with Crippen LogP contribution < -0.4 is 4.74 Å². The summed E-state index contributed by atoms with van der Waals surface area (Å²) >= 11 is 7.78. The standard InChI is InChI=1S/C19H17ClO5S/c20-17-11-13(10-15(22)12-21)2-7-18(17)26-9-1-8-25-16-5-3-14(4-6-16)19(23)24/h2-7,11-12H,1,8-10H2,(H,23,24). The molecule has 2 aromatic rings. The maximum Gasteiger partial charge on any atom is 0.335 e. The number of carbonyl (C=O) groups excluding carboxylic acids is 2. The summed E-state index contributed by atoms with van der Waals surface area (Å²) in [5.41, 5.74) is 0.936. The minimum atomic E-state index is -0.966. The van der Waals surface area contributed by atoms with E-state index in [9.17, 15) is 14.4 Å². The first kappa shape index (κ1) is 20.0. The van der Waals surface area contributed by atoms with Gasteiger partial charge >= 0.3 is 5.97 Å². The zero-order chi connectivity index (χ0) is 18.9. The summed E-state index contributed by atoms with van der Waals surface area (Å²) in [5, 5.41) is 9.39. The van der Waals surface area contributed by atoms with Crippen molar-refractivity contribution in [1.82, 2.24) is 0 Å². The zero-order valence-electron chi connectivity index (χ0n) is 13.8. The lowest BCUT2D eigenvalue weighted by Crippen LogP contribution is -2.03. The Labute approximate surface area is 160 Å². The molecular formula is C19H17ClO5S. The molecule has 0 saturated heterocycles. The van der Waals surface area contributed by atoms with Crippen molar-refractivity contribution in [1.29, 1.82) is 0 Å². The molecule has 1 N–H and O–H groups in total. The van der Waals surface area contributed by atoms with E-state index in [1.165, 1.54) is 12.1 Å². The van der Waals surface area contributed by atoms with Crippen LogP contribution in [0.3, 0.4) is 0 Å². The van der Waals surface area contributed by atoms with Gasteiger partial charge in [-0.2, -0.15) is 0 Å². The number of carboxylic acid groups (broad SMARTS) is 1. The van der Waals surface area contributed by atoms with Crippen molar-refractivity contribution < 1.29 is 24.2 Å². The summed E-state index contributed by atoms with van der Waals surface area (Å²) in [6.07, 6.45) is 1.15. The molecule has 0 unspecified atom stereocenters. The quantitative estimate of drug-likeness (QED) is 0.286. The highest BCUT2D eigenvalue weighted by molar-refractivity contribution is 7.99. The summed E-state index contributed by atoms with van der Waals surface area (Å²) in [5.74, 6) is -0.0249. The number of carbonyl (C=O) groups is 3. The Hall–Kier alpha value is -2.31. The maximum atomic E-state index is 11.1. The summed E-state index contributed by atoms with van der Waals surface area (Å²) in [6.45, 7) is 0.503. The molecular weight excluding hydrogens is 376 g/mol. The van der Waals surface area contributed by atoms with Gasteiger partial charge in [-0.15, -0.1) is 11.8 Å². The van der Waals surface area contributed by atoms with E-state index >= 15 is 0 Å². The highest BCUT2D eigenvalue weighted by Gasteiger charge is 2.07. The topological polar surface area (TPSA) is 80.7 Å². The minimum Gasteiger partial charge on any atom is -0.494 e. The van der Waals surface area contributed by atoms with E-state index in [1.54, 1.807) is 36.0 Å². The van der Waals surface area contributed by atoms with Gasteiger partial charge in [-0.05, 0) is 48.4 Å². The molecule has 26 heavy (non-hydrogen) atoms. The number of benzene rings is 2. The Morgan fingerprint density at radius 1 is 1.15 bits per heavy atom. The number of hydrogen-bond donors (Lipinski definition) is 1. The van der Waals surface area contributed by atoms with Gasteiger partial charge in [0.15, 0.2) is 12.1 Å². The van der Waals surface area contributed by atoms with Crippen LogP contribution >= 0.6 is 23.4 Å². The first-order valence-electron chi connectivity index (χ1n) is 7.85. The SMILES string of the molecule is O=CC(=O)Cc1ccc(SCCCOc2ccc(C(=O)O)cc2)c(Cl)c1. The number of ketones is 1. The second kappa shape index (κ2) is 9.99. The summed E-state index contributed by atoms with van der Waals surface area (Å²) in [4.78, 5) is 33.2. The molecule has 2 aromatic carbocycles. The maximum absolute atomic E-state index is 11.1. The summed E-state index contributed by atoms with van der Waals surface area (Å²) < 4.78 is 5.57. The second-order valence-corrected chi connectivity index (χ2v) is 6.95. The molecule has 2 rings (SSSR count). The normalized spacial score (nSPS) is 10.3. The fraction of sp³-hybridized carbons (Fsp3) is 0.211. The molecule has 0 fully saturated rings. The molecule has 5 nitrogen and oxygen atoms in total. The van der Waals surface area contributed by atoms with Gasteiger partial charge in [0.1, 0.15) is 5.75 Å². The zero-order valence-corrected chi connectivity index (χ0v) is 15.4. The van der Waals surface area contributed by atoms with Crippen LogP contribution in [0.5, 0.6) is 5.75 Å². The van der Waals surface area contributed by atoms with E-state index in [4.69, 9.17) is 21.4 Å². The van der Waals surface area contributed by atoms with Crippen LogP contribution in [0, 0.1) is 0 Å². The molecule has 0 radical (unpaired) electrons. The van der Waals surface area contributed by atoms with Crippen molar-refractivity contribution in [2.24, 2.45) is 0 Å². The van der Waals surface area contributed by atoms with E-state index in [1.807, 2.05) is 6.07 Å². The Morgan fingerprint density at radius 2 is 1.88 bits per heavy atom. The molecule has 7 heteroatoms. The number of thioether (sulfide) groups is 1. The molecule has 0 heterocycles. The number of halogens is 1. The number of ether oxygens (including phenoxy) is 1. The number of aromatic carboxylic acids is 1. The predicted molar refractivity (Wildman–Crippen MR) is 100 cm³/mol. The highest BCUT2D eigenvalue weighted by atomic mass is 35.5. The number of aldehydes is 1. The average Bonchev–Trinajstić information content (AvgIpc) is 2.63. The lowest BCUT2D eigenvalue weighted by molar-refractivity contribution is -0.129. The van der Waals surface area contributed by atoms with Crippen molar-refractivity contribution in [2.45, 2.75) is 17.7 Å². The van der Waals surface area contributed by atoms with E-state index in [-0.39, 0.29) is 12.0 Å². The van der Waals surface area contributed by atoms with E-state index in [0.29, 0.717) is 29.2 Å². The smallest absolute Gasteiger partial charge is 0.335 e. The van der Waals surface area contributed by atoms with E-state index < -0.39 is 11.8 Å². The molecule has 0 aliphatic heterocycles. The molecule has 0 saturated carbocycles. The van der Waals surface area contributed by atoms with Crippen LogP contribution in [0.1, 0.15) is 22.3 Å². The van der Waals surface area contributed by atoms with Crippen LogP contribution in [0.2, 0.25) is 5.02 Å². The monoisotopic (exact) mass is 392 g/mol. The lowest BCUT2D eigenvalue weighted by atomic mass is 10.1. The van der Waals surface area contributed by atoms with Crippen LogP contribution in [0.4, 0.5) is 0 Å². The largest absolute Gasteiger partial charge is 0.494 e. The third-order valence-corrected chi connectivity index (χ3v) is 5.01. The van der Waals surface area contributed by atoms with Crippen molar-refractivity contribution in [3.63, 3.8) is 0 Å². The number of hydrogen-bond acceptors (Lipinski definition) is 5. The highest BCUT2D eigenvalue weighted by Crippen LogP contribution is 2.28. The van der Waals surface area contributed by atoms with Gasteiger partial charge < -0.3 is 9.84 Å². The van der Waals surface area contributed by atoms with Gasteiger partial charge in [0.25, 0.3) is 0 Å². The number of Topliss-reactive ketones (excluding diaryl/α,β-unsaturated/α-hetero) is 1. The lowest BCUT2D eigenvalue weighted by Gasteiger charge is -2.08. The van der Waals surface area contributed by atoms with Gasteiger partial charge in [-0.3, -0.25) is 9.59 Å². The Kier molecular flexibility index (Phi) is 7.69. The van der Waals surface area contributed by atoms with Crippen LogP contribution in [-0.4, -0.2) is 35.5 Å². The summed E-state index contributed by atoms with van der Waals surface area (Å²) in [7, 11) is 0. The van der Waals surface area contributed by atoms with Crippen LogP contribution in [-0.2, 0) is 16.0 Å². The molecule has 0 aliphatic rings.